The summed E-state index contributed by atoms with van der Waals surface area (Å²) in [5, 5.41) is 3.68. The second-order valence-electron chi connectivity index (χ2n) is 6.24. The molecule has 1 saturated heterocycles. The minimum absolute atomic E-state index is 0.516. The van der Waals surface area contributed by atoms with Crippen LogP contribution in [0.4, 0.5) is 0 Å². The van der Waals surface area contributed by atoms with Crippen LogP contribution in [0, 0.1) is 12.8 Å². The van der Waals surface area contributed by atoms with E-state index < -0.39 is 0 Å². The van der Waals surface area contributed by atoms with E-state index in [0.717, 1.165) is 13.1 Å². The highest BCUT2D eigenvalue weighted by atomic mass is 15.2. The summed E-state index contributed by atoms with van der Waals surface area (Å²) in [5.74, 6) is 0.700. The van der Waals surface area contributed by atoms with Crippen molar-refractivity contribution >= 4 is 0 Å². The quantitative estimate of drug-likeness (QED) is 0.896. The maximum absolute atomic E-state index is 3.68. The van der Waals surface area contributed by atoms with Gasteiger partial charge in [0.2, 0.25) is 0 Å². The summed E-state index contributed by atoms with van der Waals surface area (Å²) in [6.07, 6.45) is 1.25. The van der Waals surface area contributed by atoms with Gasteiger partial charge in [0.05, 0.1) is 0 Å². The Morgan fingerprint density at radius 3 is 2.47 bits per heavy atom. The molecule has 1 heterocycles. The molecule has 1 aliphatic rings. The Hall–Kier alpha value is -0.860. The standard InChI is InChI=1S/C17H28N2/c1-13(2)17-12-19(11-5-10-18-17)15(4)16-8-6-14(3)7-9-16/h6-9,13,15,17-18H,5,10-12H2,1-4H3. The fourth-order valence-electron chi connectivity index (χ4n) is 2.83. The van der Waals surface area contributed by atoms with Crippen molar-refractivity contribution in [3.63, 3.8) is 0 Å². The van der Waals surface area contributed by atoms with E-state index in [4.69, 9.17) is 0 Å². The zero-order valence-electron chi connectivity index (χ0n) is 12.8. The molecule has 2 unspecified atom stereocenters. The summed E-state index contributed by atoms with van der Waals surface area (Å²) in [5.41, 5.74) is 2.78. The van der Waals surface area contributed by atoms with Crippen LogP contribution in [-0.4, -0.2) is 30.6 Å². The smallest absolute Gasteiger partial charge is 0.0320 e. The molecule has 0 saturated carbocycles. The molecule has 0 radical (unpaired) electrons. The van der Waals surface area contributed by atoms with E-state index in [0.29, 0.717) is 18.0 Å². The lowest BCUT2D eigenvalue weighted by atomic mass is 10.0. The van der Waals surface area contributed by atoms with Gasteiger partial charge in [-0.3, -0.25) is 4.90 Å². The molecule has 0 bridgehead atoms. The summed E-state index contributed by atoms with van der Waals surface area (Å²) in [4.78, 5) is 2.63. The van der Waals surface area contributed by atoms with E-state index in [1.54, 1.807) is 0 Å². The van der Waals surface area contributed by atoms with Gasteiger partial charge in [-0.25, -0.2) is 0 Å². The Balaban J connectivity index is 2.08. The van der Waals surface area contributed by atoms with Crippen molar-refractivity contribution in [1.82, 2.24) is 10.2 Å². The lowest BCUT2D eigenvalue weighted by Gasteiger charge is -2.32. The predicted molar refractivity (Wildman–Crippen MR) is 82.4 cm³/mol. The van der Waals surface area contributed by atoms with Crippen LogP contribution in [0.1, 0.15) is 44.4 Å². The van der Waals surface area contributed by atoms with Crippen LogP contribution < -0.4 is 5.32 Å². The zero-order chi connectivity index (χ0) is 13.8. The van der Waals surface area contributed by atoms with Gasteiger partial charge in [0.25, 0.3) is 0 Å². The molecule has 1 N–H and O–H groups in total. The molecule has 0 aromatic heterocycles. The number of aryl methyl sites for hydroxylation is 1. The molecule has 0 spiro atoms. The number of nitrogens with one attached hydrogen (secondary N) is 1. The third-order valence-electron chi connectivity index (χ3n) is 4.37. The molecule has 1 aromatic rings. The molecular weight excluding hydrogens is 232 g/mol. The highest BCUT2D eigenvalue weighted by Crippen LogP contribution is 2.23. The monoisotopic (exact) mass is 260 g/mol. The molecule has 1 aromatic carbocycles. The van der Waals surface area contributed by atoms with Crippen molar-refractivity contribution < 1.29 is 0 Å². The van der Waals surface area contributed by atoms with Crippen molar-refractivity contribution in [2.45, 2.75) is 46.2 Å². The van der Waals surface area contributed by atoms with Crippen LogP contribution in [0.2, 0.25) is 0 Å². The van der Waals surface area contributed by atoms with Gasteiger partial charge >= 0.3 is 0 Å². The van der Waals surface area contributed by atoms with E-state index in [9.17, 15) is 0 Å². The average molecular weight is 260 g/mol. The van der Waals surface area contributed by atoms with Gasteiger partial charge < -0.3 is 5.32 Å². The summed E-state index contributed by atoms with van der Waals surface area (Å²) < 4.78 is 0. The first-order chi connectivity index (χ1) is 9.08. The van der Waals surface area contributed by atoms with Gasteiger partial charge in [-0.05, 0) is 38.3 Å². The van der Waals surface area contributed by atoms with Crippen LogP contribution >= 0.6 is 0 Å². The van der Waals surface area contributed by atoms with E-state index in [1.165, 1.54) is 24.1 Å². The van der Waals surface area contributed by atoms with Crippen LogP contribution in [-0.2, 0) is 0 Å². The topological polar surface area (TPSA) is 15.3 Å². The average Bonchev–Trinajstić information content (AvgIpc) is 2.64. The molecule has 1 fully saturated rings. The van der Waals surface area contributed by atoms with Crippen molar-refractivity contribution in [1.29, 1.82) is 0 Å². The van der Waals surface area contributed by atoms with Gasteiger partial charge in [-0.15, -0.1) is 0 Å². The molecule has 0 aliphatic carbocycles. The first-order valence-corrected chi connectivity index (χ1v) is 7.62. The second kappa shape index (κ2) is 6.53. The maximum atomic E-state index is 3.68. The Kier molecular flexibility index (Phi) is 5.00. The molecule has 19 heavy (non-hydrogen) atoms. The minimum Gasteiger partial charge on any atom is -0.312 e. The molecule has 2 atom stereocenters. The lowest BCUT2D eigenvalue weighted by molar-refractivity contribution is 0.192. The van der Waals surface area contributed by atoms with Crippen LogP contribution in [0.3, 0.4) is 0 Å². The van der Waals surface area contributed by atoms with Crippen molar-refractivity contribution in [2.75, 3.05) is 19.6 Å². The molecule has 2 rings (SSSR count). The molecule has 1 aliphatic heterocycles. The van der Waals surface area contributed by atoms with Crippen molar-refractivity contribution in [2.24, 2.45) is 5.92 Å². The largest absolute Gasteiger partial charge is 0.312 e. The molecule has 106 valence electrons. The zero-order valence-corrected chi connectivity index (χ0v) is 12.8. The number of nitrogens with zero attached hydrogens (tertiary/aromatic N) is 1. The van der Waals surface area contributed by atoms with Crippen LogP contribution in [0.15, 0.2) is 24.3 Å². The Labute approximate surface area is 118 Å². The molecular formula is C17H28N2. The van der Waals surface area contributed by atoms with Gasteiger partial charge in [0, 0.05) is 25.2 Å². The summed E-state index contributed by atoms with van der Waals surface area (Å²) in [6, 6.07) is 10.1. The Bertz CT molecular complexity index is 383. The van der Waals surface area contributed by atoms with E-state index in [-0.39, 0.29) is 0 Å². The summed E-state index contributed by atoms with van der Waals surface area (Å²) in [6.45, 7) is 12.6. The van der Waals surface area contributed by atoms with E-state index in [1.807, 2.05) is 0 Å². The lowest BCUT2D eigenvalue weighted by Crippen LogP contribution is -2.42. The highest BCUT2D eigenvalue weighted by molar-refractivity contribution is 5.23. The first-order valence-electron chi connectivity index (χ1n) is 7.62. The second-order valence-corrected chi connectivity index (χ2v) is 6.24. The molecule has 2 heteroatoms. The number of hydrogen-bond acceptors (Lipinski definition) is 2. The third-order valence-corrected chi connectivity index (χ3v) is 4.37. The van der Waals surface area contributed by atoms with Gasteiger partial charge in [-0.1, -0.05) is 43.7 Å². The van der Waals surface area contributed by atoms with Crippen molar-refractivity contribution in [3.05, 3.63) is 35.4 Å². The summed E-state index contributed by atoms with van der Waals surface area (Å²) in [7, 11) is 0. The van der Waals surface area contributed by atoms with E-state index in [2.05, 4.69) is 62.2 Å². The van der Waals surface area contributed by atoms with Gasteiger partial charge in [0.1, 0.15) is 0 Å². The minimum atomic E-state index is 0.516. The normalized spacial score (nSPS) is 23.3. The summed E-state index contributed by atoms with van der Waals surface area (Å²) >= 11 is 0. The SMILES string of the molecule is Cc1ccc(C(C)N2CCCNC(C(C)C)C2)cc1. The fourth-order valence-corrected chi connectivity index (χ4v) is 2.83. The number of rotatable bonds is 3. The first kappa shape index (κ1) is 14.5. The van der Waals surface area contributed by atoms with Gasteiger partial charge in [-0.2, -0.15) is 0 Å². The van der Waals surface area contributed by atoms with Gasteiger partial charge in [0.15, 0.2) is 0 Å². The van der Waals surface area contributed by atoms with Crippen LogP contribution in [0.25, 0.3) is 0 Å². The number of hydrogen-bond donors (Lipinski definition) is 1. The predicted octanol–water partition coefficient (Wildman–Crippen LogP) is 3.38. The molecule has 2 nitrogen and oxygen atoms in total. The fraction of sp³-hybridized carbons (Fsp3) is 0.647. The third kappa shape index (κ3) is 3.80. The highest BCUT2D eigenvalue weighted by Gasteiger charge is 2.24. The Morgan fingerprint density at radius 1 is 1.16 bits per heavy atom. The van der Waals surface area contributed by atoms with Crippen molar-refractivity contribution in [3.8, 4) is 0 Å². The molecule has 0 amide bonds. The van der Waals surface area contributed by atoms with E-state index >= 15 is 0 Å². The van der Waals surface area contributed by atoms with Crippen LogP contribution in [0.5, 0.6) is 0 Å². The number of benzene rings is 1. The maximum Gasteiger partial charge on any atom is 0.0320 e. The Morgan fingerprint density at radius 2 is 1.84 bits per heavy atom.